The standard InChI is InChI=1S/C15H23N3O2.C2H6/c1-12(19)13(9-16)8-15(2,3)18-6-4-17(5-7-18)14-10-20-11-14;1-2/h8,14H,4-7,10-11H2,1-3H3;1-2H3/b13-8+;. The highest BCUT2D eigenvalue weighted by Crippen LogP contribution is 2.22. The van der Waals surface area contributed by atoms with Gasteiger partial charge in [0, 0.05) is 31.7 Å². The van der Waals surface area contributed by atoms with E-state index in [1.165, 1.54) is 6.92 Å². The first kappa shape index (κ1) is 18.8. The van der Waals surface area contributed by atoms with Gasteiger partial charge in [-0.05, 0) is 26.8 Å². The summed E-state index contributed by atoms with van der Waals surface area (Å²) in [6.45, 7) is 15.2. The Bertz CT molecular complexity index is 439. The van der Waals surface area contributed by atoms with Crippen LogP contribution in [0.4, 0.5) is 0 Å². The number of hydrogen-bond donors (Lipinski definition) is 0. The zero-order valence-electron chi connectivity index (χ0n) is 14.6. The van der Waals surface area contributed by atoms with E-state index in [1.54, 1.807) is 6.08 Å². The number of piperazine rings is 1. The molecule has 5 heteroatoms. The van der Waals surface area contributed by atoms with Crippen LogP contribution in [-0.2, 0) is 9.53 Å². The van der Waals surface area contributed by atoms with Gasteiger partial charge in [0.25, 0.3) is 0 Å². The van der Waals surface area contributed by atoms with Crippen LogP contribution >= 0.6 is 0 Å². The average Bonchev–Trinajstić information content (AvgIpc) is 2.45. The number of Topliss-reactive ketones (excluding diaryl/α,β-unsaturated/α-hetero) is 1. The highest BCUT2D eigenvalue weighted by molar-refractivity contribution is 5.97. The first-order valence-corrected chi connectivity index (χ1v) is 8.15. The van der Waals surface area contributed by atoms with Crippen molar-refractivity contribution < 1.29 is 9.53 Å². The van der Waals surface area contributed by atoms with Crippen molar-refractivity contribution in [2.45, 2.75) is 46.2 Å². The predicted molar refractivity (Wildman–Crippen MR) is 87.6 cm³/mol. The Balaban J connectivity index is 0.00000116. The summed E-state index contributed by atoms with van der Waals surface area (Å²) >= 11 is 0. The van der Waals surface area contributed by atoms with Crippen molar-refractivity contribution in [1.82, 2.24) is 9.80 Å². The van der Waals surface area contributed by atoms with E-state index in [0.717, 1.165) is 39.4 Å². The maximum Gasteiger partial charge on any atom is 0.170 e. The lowest BCUT2D eigenvalue weighted by molar-refractivity contribution is -0.113. The van der Waals surface area contributed by atoms with Crippen LogP contribution in [0.25, 0.3) is 0 Å². The number of carbonyl (C=O) groups is 1. The molecule has 0 amide bonds. The summed E-state index contributed by atoms with van der Waals surface area (Å²) in [5, 5.41) is 9.03. The molecule has 2 heterocycles. The third-order valence-electron chi connectivity index (χ3n) is 4.26. The summed E-state index contributed by atoms with van der Waals surface area (Å²) in [7, 11) is 0. The summed E-state index contributed by atoms with van der Waals surface area (Å²) in [4.78, 5) is 16.2. The van der Waals surface area contributed by atoms with E-state index in [1.807, 2.05) is 19.9 Å². The van der Waals surface area contributed by atoms with Gasteiger partial charge in [-0.1, -0.05) is 13.8 Å². The molecule has 0 spiro atoms. The van der Waals surface area contributed by atoms with E-state index < -0.39 is 0 Å². The molecule has 0 bridgehead atoms. The lowest BCUT2D eigenvalue weighted by Gasteiger charge is -2.46. The molecule has 0 radical (unpaired) electrons. The second kappa shape index (κ2) is 8.42. The Morgan fingerprint density at radius 1 is 1.23 bits per heavy atom. The number of allylic oxidation sites excluding steroid dienone is 1. The normalized spacial score (nSPS) is 21.4. The number of ketones is 1. The monoisotopic (exact) mass is 307 g/mol. The van der Waals surface area contributed by atoms with Gasteiger partial charge in [0.1, 0.15) is 6.07 Å². The molecule has 2 rings (SSSR count). The number of hydrogen-bond acceptors (Lipinski definition) is 5. The van der Waals surface area contributed by atoms with E-state index in [4.69, 9.17) is 10.00 Å². The third-order valence-corrected chi connectivity index (χ3v) is 4.26. The van der Waals surface area contributed by atoms with Crippen molar-refractivity contribution in [2.75, 3.05) is 39.4 Å². The number of nitrogens with zero attached hydrogens (tertiary/aromatic N) is 3. The van der Waals surface area contributed by atoms with Crippen LogP contribution in [0.15, 0.2) is 11.6 Å². The Hall–Kier alpha value is -1.22. The zero-order valence-corrected chi connectivity index (χ0v) is 14.6. The van der Waals surface area contributed by atoms with Crippen LogP contribution in [0.1, 0.15) is 34.6 Å². The van der Waals surface area contributed by atoms with E-state index in [2.05, 4.69) is 23.6 Å². The van der Waals surface area contributed by atoms with E-state index >= 15 is 0 Å². The van der Waals surface area contributed by atoms with Crippen LogP contribution in [0.2, 0.25) is 0 Å². The molecule has 0 aromatic heterocycles. The van der Waals surface area contributed by atoms with Gasteiger partial charge < -0.3 is 4.74 Å². The fourth-order valence-electron chi connectivity index (χ4n) is 2.75. The van der Waals surface area contributed by atoms with Crippen LogP contribution in [0.3, 0.4) is 0 Å². The lowest BCUT2D eigenvalue weighted by atomic mass is 9.96. The fraction of sp³-hybridized carbons (Fsp3) is 0.765. The molecule has 2 saturated heterocycles. The molecule has 0 aliphatic carbocycles. The Morgan fingerprint density at radius 2 is 1.77 bits per heavy atom. The number of ether oxygens (including phenoxy) is 1. The summed E-state index contributed by atoms with van der Waals surface area (Å²) < 4.78 is 5.24. The summed E-state index contributed by atoms with van der Waals surface area (Å²) in [5.74, 6) is -0.161. The van der Waals surface area contributed by atoms with Crippen LogP contribution in [0, 0.1) is 11.3 Å². The van der Waals surface area contributed by atoms with Gasteiger partial charge in [-0.15, -0.1) is 0 Å². The smallest absolute Gasteiger partial charge is 0.170 e. The molecule has 0 aromatic rings. The second-order valence-corrected chi connectivity index (χ2v) is 6.09. The van der Waals surface area contributed by atoms with E-state index in [-0.39, 0.29) is 16.9 Å². The average molecular weight is 307 g/mol. The number of carbonyl (C=O) groups excluding carboxylic acids is 1. The number of nitriles is 1. The van der Waals surface area contributed by atoms with Crippen molar-refractivity contribution in [3.8, 4) is 6.07 Å². The molecule has 0 N–H and O–H groups in total. The van der Waals surface area contributed by atoms with Gasteiger partial charge in [-0.2, -0.15) is 5.26 Å². The van der Waals surface area contributed by atoms with Crippen molar-refractivity contribution in [1.29, 1.82) is 5.26 Å². The summed E-state index contributed by atoms with van der Waals surface area (Å²) in [6, 6.07) is 2.59. The molecule has 22 heavy (non-hydrogen) atoms. The van der Waals surface area contributed by atoms with Gasteiger partial charge in [-0.25, -0.2) is 0 Å². The van der Waals surface area contributed by atoms with Crippen molar-refractivity contribution in [2.24, 2.45) is 0 Å². The summed E-state index contributed by atoms with van der Waals surface area (Å²) in [5.41, 5.74) is -0.0105. The molecule has 124 valence electrons. The largest absolute Gasteiger partial charge is 0.378 e. The first-order valence-electron chi connectivity index (χ1n) is 8.15. The maximum atomic E-state index is 11.4. The molecular formula is C17H29N3O2. The highest BCUT2D eigenvalue weighted by atomic mass is 16.5. The Morgan fingerprint density at radius 3 is 2.14 bits per heavy atom. The fourth-order valence-corrected chi connectivity index (χ4v) is 2.75. The quantitative estimate of drug-likeness (QED) is 0.586. The van der Waals surface area contributed by atoms with Crippen LogP contribution < -0.4 is 0 Å². The van der Waals surface area contributed by atoms with Crippen LogP contribution in [-0.4, -0.2) is 66.6 Å². The minimum atomic E-state index is -0.265. The van der Waals surface area contributed by atoms with Crippen molar-refractivity contribution in [3.05, 3.63) is 11.6 Å². The topological polar surface area (TPSA) is 56.6 Å². The second-order valence-electron chi connectivity index (χ2n) is 6.09. The van der Waals surface area contributed by atoms with Crippen LogP contribution in [0.5, 0.6) is 0 Å². The first-order chi connectivity index (χ1) is 10.4. The number of rotatable bonds is 4. The zero-order chi connectivity index (χ0) is 16.8. The summed E-state index contributed by atoms with van der Waals surface area (Å²) in [6.07, 6.45) is 1.80. The molecule has 5 nitrogen and oxygen atoms in total. The minimum Gasteiger partial charge on any atom is -0.378 e. The molecular weight excluding hydrogens is 278 g/mol. The predicted octanol–water partition coefficient (Wildman–Crippen LogP) is 1.85. The Kier molecular flexibility index (Phi) is 7.21. The molecule has 2 aliphatic rings. The molecule has 0 unspecified atom stereocenters. The van der Waals surface area contributed by atoms with Gasteiger partial charge in [0.05, 0.1) is 24.8 Å². The third kappa shape index (κ3) is 4.64. The molecule has 0 aromatic carbocycles. The van der Waals surface area contributed by atoms with Gasteiger partial charge in [0.2, 0.25) is 0 Å². The van der Waals surface area contributed by atoms with Gasteiger partial charge >= 0.3 is 0 Å². The molecule has 0 atom stereocenters. The molecule has 0 saturated carbocycles. The van der Waals surface area contributed by atoms with E-state index in [9.17, 15) is 4.79 Å². The van der Waals surface area contributed by atoms with Gasteiger partial charge in [-0.3, -0.25) is 14.6 Å². The molecule has 2 fully saturated rings. The molecule has 2 aliphatic heterocycles. The van der Waals surface area contributed by atoms with Crippen molar-refractivity contribution >= 4 is 5.78 Å². The van der Waals surface area contributed by atoms with Gasteiger partial charge in [0.15, 0.2) is 5.78 Å². The minimum absolute atomic E-state index is 0.161. The van der Waals surface area contributed by atoms with Crippen molar-refractivity contribution in [3.63, 3.8) is 0 Å². The maximum absolute atomic E-state index is 11.4. The highest BCUT2D eigenvalue weighted by Gasteiger charge is 2.33. The van der Waals surface area contributed by atoms with E-state index in [0.29, 0.717) is 6.04 Å². The SMILES string of the molecule is CC.CC(=O)/C(C#N)=C/C(C)(C)N1CCN(C2COC2)CC1. The lowest BCUT2D eigenvalue weighted by Crippen LogP contribution is -2.59. The Labute approximate surface area is 134 Å².